The van der Waals surface area contributed by atoms with E-state index in [9.17, 15) is 4.79 Å². The number of nitrogens with zero attached hydrogens (tertiary/aromatic N) is 3. The van der Waals surface area contributed by atoms with Gasteiger partial charge < -0.3 is 14.4 Å². The number of fused-ring (bicyclic) bond motifs is 1. The lowest BCUT2D eigenvalue weighted by molar-refractivity contribution is 0.0682. The maximum atomic E-state index is 13.0. The topological polar surface area (TPSA) is 56.6 Å². The molecule has 0 aliphatic carbocycles. The van der Waals surface area contributed by atoms with Crippen molar-refractivity contribution in [2.45, 2.75) is 26.6 Å². The molecule has 0 saturated heterocycles. The predicted octanol–water partition coefficient (Wildman–Crippen LogP) is 3.44. The number of carbonyl (C=O) groups is 1. The molecule has 0 fully saturated rings. The van der Waals surface area contributed by atoms with Crippen LogP contribution in [0.15, 0.2) is 54.6 Å². The number of hydrogen-bond acceptors (Lipinski definition) is 4. The Hall–Kier alpha value is -3.28. The molecule has 2 heterocycles. The van der Waals surface area contributed by atoms with Gasteiger partial charge in [0.1, 0.15) is 29.5 Å². The first-order valence-corrected chi connectivity index (χ1v) is 9.32. The number of para-hydroxylation sites is 2. The van der Waals surface area contributed by atoms with E-state index >= 15 is 0 Å². The van der Waals surface area contributed by atoms with Crippen LogP contribution in [0.2, 0.25) is 0 Å². The second-order valence-electron chi connectivity index (χ2n) is 6.84. The van der Waals surface area contributed by atoms with Gasteiger partial charge in [-0.05, 0) is 30.7 Å². The first kappa shape index (κ1) is 18.1. The minimum atomic E-state index is -0.0201. The van der Waals surface area contributed by atoms with Crippen LogP contribution in [0.1, 0.15) is 27.3 Å². The molecule has 0 N–H and O–H groups in total. The van der Waals surface area contributed by atoms with Gasteiger partial charge in [-0.3, -0.25) is 9.48 Å². The predicted molar refractivity (Wildman–Crippen MR) is 105 cm³/mol. The Balaban J connectivity index is 1.48. The third kappa shape index (κ3) is 3.58. The maximum Gasteiger partial charge on any atom is 0.272 e. The van der Waals surface area contributed by atoms with Crippen molar-refractivity contribution >= 4 is 5.91 Å². The number of aryl methyl sites for hydroxylation is 1. The van der Waals surface area contributed by atoms with Crippen LogP contribution in [0, 0.1) is 6.92 Å². The molecule has 6 heteroatoms. The lowest BCUT2D eigenvalue weighted by Gasteiger charge is -2.28. The summed E-state index contributed by atoms with van der Waals surface area (Å²) in [5.74, 6) is 1.60. The Morgan fingerprint density at radius 1 is 1.07 bits per heavy atom. The van der Waals surface area contributed by atoms with Crippen LogP contribution >= 0.6 is 0 Å². The molecule has 6 nitrogen and oxygen atoms in total. The largest absolute Gasteiger partial charge is 0.496 e. The molecule has 1 aliphatic heterocycles. The number of amides is 1. The van der Waals surface area contributed by atoms with E-state index in [0.29, 0.717) is 31.9 Å². The van der Waals surface area contributed by atoms with E-state index < -0.39 is 0 Å². The van der Waals surface area contributed by atoms with Crippen molar-refractivity contribution in [1.82, 2.24) is 14.7 Å². The molecule has 0 radical (unpaired) electrons. The summed E-state index contributed by atoms with van der Waals surface area (Å²) in [6.45, 7) is 4.15. The van der Waals surface area contributed by atoms with E-state index in [1.54, 1.807) is 11.8 Å². The van der Waals surface area contributed by atoms with E-state index in [-0.39, 0.29) is 5.91 Å². The quantitative estimate of drug-likeness (QED) is 0.660. The summed E-state index contributed by atoms with van der Waals surface area (Å²) >= 11 is 0. The highest BCUT2D eigenvalue weighted by molar-refractivity contribution is 5.93. The van der Waals surface area contributed by atoms with Crippen molar-refractivity contribution in [3.8, 4) is 11.5 Å². The van der Waals surface area contributed by atoms with Crippen LogP contribution in [-0.4, -0.2) is 34.2 Å². The third-order valence-electron chi connectivity index (χ3n) is 4.91. The molecule has 0 spiro atoms. The second kappa shape index (κ2) is 7.76. The Labute approximate surface area is 164 Å². The highest BCUT2D eigenvalue weighted by Crippen LogP contribution is 2.26. The van der Waals surface area contributed by atoms with Crippen LogP contribution in [0.4, 0.5) is 0 Å². The van der Waals surface area contributed by atoms with Crippen LogP contribution < -0.4 is 9.47 Å². The monoisotopic (exact) mass is 377 g/mol. The van der Waals surface area contributed by atoms with E-state index in [4.69, 9.17) is 9.47 Å². The minimum absolute atomic E-state index is 0.0201. The van der Waals surface area contributed by atoms with Gasteiger partial charge >= 0.3 is 0 Å². The van der Waals surface area contributed by atoms with Crippen LogP contribution in [-0.2, 0) is 19.7 Å². The summed E-state index contributed by atoms with van der Waals surface area (Å²) in [7, 11) is 1.66. The lowest BCUT2D eigenvalue weighted by Crippen LogP contribution is -2.39. The molecule has 144 valence electrons. The van der Waals surface area contributed by atoms with Gasteiger partial charge in [-0.1, -0.05) is 36.4 Å². The summed E-state index contributed by atoms with van der Waals surface area (Å²) < 4.78 is 13.1. The molecule has 0 atom stereocenters. The standard InChI is InChI=1S/C22H23N3O3/c1-16-7-6-8-17(21(16)27-2)14-24-11-12-25-20(22(24)26)13-18(23-25)15-28-19-9-4-3-5-10-19/h3-10,13H,11-12,14-15H2,1-2H3. The number of carbonyl (C=O) groups excluding carboxylic acids is 1. The fourth-order valence-corrected chi connectivity index (χ4v) is 3.52. The molecule has 0 unspecified atom stereocenters. The van der Waals surface area contributed by atoms with Crippen molar-refractivity contribution < 1.29 is 14.3 Å². The average molecular weight is 377 g/mol. The van der Waals surface area contributed by atoms with E-state index in [0.717, 1.165) is 28.3 Å². The molecule has 2 aromatic carbocycles. The molecule has 4 rings (SSSR count). The number of hydrogen-bond donors (Lipinski definition) is 0. The molecule has 3 aromatic rings. The van der Waals surface area contributed by atoms with Gasteiger partial charge in [0.05, 0.1) is 13.7 Å². The average Bonchev–Trinajstić information content (AvgIpc) is 3.14. The first-order chi connectivity index (χ1) is 13.7. The summed E-state index contributed by atoms with van der Waals surface area (Å²) in [4.78, 5) is 14.8. The molecule has 0 bridgehead atoms. The highest BCUT2D eigenvalue weighted by atomic mass is 16.5. The van der Waals surface area contributed by atoms with Crippen molar-refractivity contribution in [2.24, 2.45) is 0 Å². The zero-order valence-electron chi connectivity index (χ0n) is 16.1. The van der Waals surface area contributed by atoms with Gasteiger partial charge in [-0.2, -0.15) is 5.10 Å². The van der Waals surface area contributed by atoms with Crippen LogP contribution in [0.5, 0.6) is 11.5 Å². The first-order valence-electron chi connectivity index (χ1n) is 9.32. The van der Waals surface area contributed by atoms with E-state index in [2.05, 4.69) is 5.10 Å². The summed E-state index contributed by atoms with van der Waals surface area (Å²) in [6, 6.07) is 17.4. The fraction of sp³-hybridized carbons (Fsp3) is 0.273. The molecule has 1 amide bonds. The summed E-state index contributed by atoms with van der Waals surface area (Å²) in [6.07, 6.45) is 0. The lowest BCUT2D eigenvalue weighted by atomic mass is 10.1. The Bertz CT molecular complexity index is 982. The number of methoxy groups -OCH3 is 1. The van der Waals surface area contributed by atoms with Crippen LogP contribution in [0.25, 0.3) is 0 Å². The molecule has 28 heavy (non-hydrogen) atoms. The molecule has 0 saturated carbocycles. The molecular formula is C22H23N3O3. The smallest absolute Gasteiger partial charge is 0.272 e. The number of aromatic nitrogens is 2. The SMILES string of the molecule is COc1c(C)cccc1CN1CCn2nc(COc3ccccc3)cc2C1=O. The fourth-order valence-electron chi connectivity index (χ4n) is 3.52. The Morgan fingerprint density at radius 2 is 1.89 bits per heavy atom. The Morgan fingerprint density at radius 3 is 2.68 bits per heavy atom. The molecular weight excluding hydrogens is 354 g/mol. The maximum absolute atomic E-state index is 13.0. The van der Waals surface area contributed by atoms with Gasteiger partial charge in [0, 0.05) is 18.7 Å². The minimum Gasteiger partial charge on any atom is -0.496 e. The van der Waals surface area contributed by atoms with Crippen molar-refractivity contribution in [2.75, 3.05) is 13.7 Å². The molecule has 1 aromatic heterocycles. The van der Waals surface area contributed by atoms with Crippen molar-refractivity contribution in [1.29, 1.82) is 0 Å². The van der Waals surface area contributed by atoms with Crippen molar-refractivity contribution in [3.63, 3.8) is 0 Å². The summed E-state index contributed by atoms with van der Waals surface area (Å²) in [5, 5.41) is 4.53. The van der Waals surface area contributed by atoms with Crippen molar-refractivity contribution in [3.05, 3.63) is 77.1 Å². The zero-order chi connectivity index (χ0) is 19.5. The third-order valence-corrected chi connectivity index (χ3v) is 4.91. The van der Waals surface area contributed by atoms with E-state index in [1.165, 1.54) is 0 Å². The highest BCUT2D eigenvalue weighted by Gasteiger charge is 2.27. The Kier molecular flexibility index (Phi) is 5.02. The van der Waals surface area contributed by atoms with Gasteiger partial charge in [-0.25, -0.2) is 0 Å². The summed E-state index contributed by atoms with van der Waals surface area (Å²) in [5.41, 5.74) is 3.43. The van der Waals surface area contributed by atoms with Gasteiger partial charge in [0.15, 0.2) is 0 Å². The second-order valence-corrected chi connectivity index (χ2v) is 6.84. The number of ether oxygens (including phenoxy) is 2. The number of rotatable bonds is 6. The van der Waals surface area contributed by atoms with Gasteiger partial charge in [0.2, 0.25) is 0 Å². The van der Waals surface area contributed by atoms with Crippen LogP contribution in [0.3, 0.4) is 0 Å². The normalized spacial score (nSPS) is 13.4. The van der Waals surface area contributed by atoms with Gasteiger partial charge in [0.25, 0.3) is 5.91 Å². The van der Waals surface area contributed by atoms with E-state index in [1.807, 2.05) is 66.4 Å². The van der Waals surface area contributed by atoms with Gasteiger partial charge in [-0.15, -0.1) is 0 Å². The number of benzene rings is 2. The molecule has 1 aliphatic rings. The zero-order valence-corrected chi connectivity index (χ0v) is 16.1.